The molecule has 140 valence electrons. The summed E-state index contributed by atoms with van der Waals surface area (Å²) in [5.41, 5.74) is 0.757. The first-order valence-corrected chi connectivity index (χ1v) is 9.32. The number of aromatic amines is 1. The number of hydrogen-bond donors (Lipinski definition) is 3. The number of nitrogens with one attached hydrogen (secondary N) is 2. The van der Waals surface area contributed by atoms with E-state index in [-0.39, 0.29) is 30.4 Å². The van der Waals surface area contributed by atoms with Crippen LogP contribution in [0.2, 0.25) is 0 Å². The molecular formula is C15H18N4O6S. The number of benzene rings is 1. The van der Waals surface area contributed by atoms with Crippen LogP contribution in [0.25, 0.3) is 0 Å². The minimum absolute atomic E-state index is 0.00111. The topological polar surface area (TPSA) is 151 Å². The van der Waals surface area contributed by atoms with E-state index in [2.05, 4.69) is 20.5 Å². The predicted octanol–water partition coefficient (Wildman–Crippen LogP) is 0.738. The fourth-order valence-electron chi connectivity index (χ4n) is 2.08. The molecule has 0 bridgehead atoms. The molecule has 1 atom stereocenters. The SMILES string of the molecule is O=C(N[C@@H](CCCS(=O)(=O)c1ncn[nH]1)C(=O)O)OCc1ccccc1. The summed E-state index contributed by atoms with van der Waals surface area (Å²) in [4.78, 5) is 26.5. The van der Waals surface area contributed by atoms with Crippen LogP contribution in [-0.2, 0) is 26.0 Å². The van der Waals surface area contributed by atoms with Gasteiger partial charge in [-0.1, -0.05) is 30.3 Å². The Labute approximate surface area is 149 Å². The third-order valence-corrected chi connectivity index (χ3v) is 5.01. The summed E-state index contributed by atoms with van der Waals surface area (Å²) in [6, 6.07) is 7.64. The van der Waals surface area contributed by atoms with Gasteiger partial charge in [-0.05, 0) is 18.4 Å². The third-order valence-electron chi connectivity index (χ3n) is 3.40. The molecule has 2 aromatic rings. The van der Waals surface area contributed by atoms with Crippen molar-refractivity contribution in [2.75, 3.05) is 5.75 Å². The monoisotopic (exact) mass is 382 g/mol. The molecule has 1 amide bonds. The number of hydrogen-bond acceptors (Lipinski definition) is 7. The average molecular weight is 382 g/mol. The van der Waals surface area contributed by atoms with Crippen LogP contribution < -0.4 is 5.32 Å². The highest BCUT2D eigenvalue weighted by molar-refractivity contribution is 7.91. The molecule has 0 aliphatic rings. The number of ether oxygens (including phenoxy) is 1. The zero-order valence-electron chi connectivity index (χ0n) is 13.7. The summed E-state index contributed by atoms with van der Waals surface area (Å²) in [6.45, 7) is -0.00111. The standard InChI is InChI=1S/C15H18N4O6S/c20-13(21)12(7-4-8-26(23,24)14-16-10-17-19-14)18-15(22)25-9-11-5-2-1-3-6-11/h1-3,5-6,10,12H,4,7-9H2,(H,18,22)(H,20,21)(H,16,17,19)/t12-/m0/s1. The number of amides is 1. The maximum Gasteiger partial charge on any atom is 0.408 e. The molecule has 0 radical (unpaired) electrons. The number of alkyl carbamates (subject to hydrolysis) is 1. The number of sulfone groups is 1. The van der Waals surface area contributed by atoms with Gasteiger partial charge in [0.2, 0.25) is 15.0 Å². The van der Waals surface area contributed by atoms with Crippen molar-refractivity contribution >= 4 is 21.9 Å². The van der Waals surface area contributed by atoms with E-state index < -0.39 is 27.9 Å². The van der Waals surface area contributed by atoms with Gasteiger partial charge in [-0.2, -0.15) is 5.10 Å². The second-order valence-corrected chi connectivity index (χ2v) is 7.37. The number of carboxylic acids is 1. The second kappa shape index (κ2) is 8.94. The lowest BCUT2D eigenvalue weighted by atomic mass is 10.2. The minimum atomic E-state index is -3.68. The number of carboxylic acid groups (broad SMARTS) is 1. The van der Waals surface area contributed by atoms with Crippen molar-refractivity contribution in [2.24, 2.45) is 0 Å². The molecule has 1 heterocycles. The van der Waals surface area contributed by atoms with Crippen molar-refractivity contribution in [3.05, 3.63) is 42.2 Å². The molecule has 0 unspecified atom stereocenters. The van der Waals surface area contributed by atoms with Crippen molar-refractivity contribution < 1.29 is 27.9 Å². The van der Waals surface area contributed by atoms with E-state index in [1.54, 1.807) is 24.3 Å². The Morgan fingerprint density at radius 2 is 2.00 bits per heavy atom. The van der Waals surface area contributed by atoms with Gasteiger partial charge in [0.25, 0.3) is 0 Å². The van der Waals surface area contributed by atoms with Crippen molar-refractivity contribution in [3.63, 3.8) is 0 Å². The molecule has 0 saturated carbocycles. The van der Waals surface area contributed by atoms with Gasteiger partial charge in [-0.3, -0.25) is 5.10 Å². The molecule has 0 aliphatic carbocycles. The first kappa shape index (κ1) is 19.4. The lowest BCUT2D eigenvalue weighted by molar-refractivity contribution is -0.139. The number of carbonyl (C=O) groups is 2. The number of nitrogens with zero attached hydrogens (tertiary/aromatic N) is 2. The quantitative estimate of drug-likeness (QED) is 0.574. The fourth-order valence-corrected chi connectivity index (χ4v) is 3.22. The predicted molar refractivity (Wildman–Crippen MR) is 88.9 cm³/mol. The fraction of sp³-hybridized carbons (Fsp3) is 0.333. The van der Waals surface area contributed by atoms with Gasteiger partial charge in [0.05, 0.1) is 5.75 Å². The molecule has 26 heavy (non-hydrogen) atoms. The summed E-state index contributed by atoms with van der Waals surface area (Å²) in [5.74, 6) is -1.61. The molecule has 2 rings (SSSR count). The minimum Gasteiger partial charge on any atom is -0.480 e. The highest BCUT2D eigenvalue weighted by Crippen LogP contribution is 2.08. The molecule has 0 saturated heterocycles. The maximum absolute atomic E-state index is 11.9. The van der Waals surface area contributed by atoms with Gasteiger partial charge < -0.3 is 15.2 Å². The van der Waals surface area contributed by atoms with Crippen LogP contribution in [0.3, 0.4) is 0 Å². The van der Waals surface area contributed by atoms with Gasteiger partial charge in [-0.25, -0.2) is 23.0 Å². The van der Waals surface area contributed by atoms with Crippen LogP contribution in [0.5, 0.6) is 0 Å². The van der Waals surface area contributed by atoms with E-state index in [4.69, 9.17) is 4.74 Å². The average Bonchev–Trinajstić information content (AvgIpc) is 3.15. The summed E-state index contributed by atoms with van der Waals surface area (Å²) in [6.07, 6.45) is 0.110. The summed E-state index contributed by atoms with van der Waals surface area (Å²) >= 11 is 0. The highest BCUT2D eigenvalue weighted by Gasteiger charge is 2.23. The number of rotatable bonds is 9. The molecule has 1 aromatic heterocycles. The number of H-pyrrole nitrogens is 1. The Morgan fingerprint density at radius 1 is 1.27 bits per heavy atom. The first-order valence-electron chi connectivity index (χ1n) is 7.66. The molecule has 0 fully saturated rings. The molecule has 11 heteroatoms. The lowest BCUT2D eigenvalue weighted by Gasteiger charge is -2.14. The number of carbonyl (C=O) groups excluding carboxylic acids is 1. The summed E-state index contributed by atoms with van der Waals surface area (Å²) in [7, 11) is -3.68. The molecule has 10 nitrogen and oxygen atoms in total. The van der Waals surface area contributed by atoms with E-state index in [1.165, 1.54) is 0 Å². The van der Waals surface area contributed by atoms with Gasteiger partial charge in [-0.15, -0.1) is 0 Å². The van der Waals surface area contributed by atoms with Gasteiger partial charge >= 0.3 is 12.1 Å². The molecule has 1 aromatic carbocycles. The second-order valence-electron chi connectivity index (χ2n) is 5.35. The Bertz CT molecular complexity index is 823. The van der Waals surface area contributed by atoms with Crippen LogP contribution in [0, 0.1) is 0 Å². The first-order chi connectivity index (χ1) is 12.4. The smallest absolute Gasteiger partial charge is 0.408 e. The van der Waals surface area contributed by atoms with Crippen molar-refractivity contribution in [2.45, 2.75) is 30.6 Å². The van der Waals surface area contributed by atoms with Crippen LogP contribution >= 0.6 is 0 Å². The number of aromatic nitrogens is 3. The van der Waals surface area contributed by atoms with Crippen molar-refractivity contribution in [3.8, 4) is 0 Å². The van der Waals surface area contributed by atoms with Crippen LogP contribution in [0.1, 0.15) is 18.4 Å². The summed E-state index contributed by atoms with van der Waals surface area (Å²) in [5, 5.41) is 16.8. The third kappa shape index (κ3) is 5.84. The van der Waals surface area contributed by atoms with Crippen LogP contribution in [0.4, 0.5) is 4.79 Å². The van der Waals surface area contributed by atoms with Gasteiger partial charge in [0.15, 0.2) is 0 Å². The van der Waals surface area contributed by atoms with E-state index in [1.807, 2.05) is 6.07 Å². The number of aliphatic carboxylic acids is 1. The van der Waals surface area contributed by atoms with Crippen molar-refractivity contribution in [1.82, 2.24) is 20.5 Å². The van der Waals surface area contributed by atoms with E-state index in [0.717, 1.165) is 11.9 Å². The van der Waals surface area contributed by atoms with Gasteiger partial charge in [0, 0.05) is 0 Å². The Kier molecular flexibility index (Phi) is 6.67. The van der Waals surface area contributed by atoms with Gasteiger partial charge in [0.1, 0.15) is 19.0 Å². The lowest BCUT2D eigenvalue weighted by Crippen LogP contribution is -2.41. The Morgan fingerprint density at radius 3 is 2.62 bits per heavy atom. The van der Waals surface area contributed by atoms with Crippen LogP contribution in [0.15, 0.2) is 41.8 Å². The van der Waals surface area contributed by atoms with Crippen LogP contribution in [-0.4, -0.2) is 52.6 Å². The zero-order chi connectivity index (χ0) is 19.0. The largest absolute Gasteiger partial charge is 0.480 e. The zero-order valence-corrected chi connectivity index (χ0v) is 14.5. The van der Waals surface area contributed by atoms with E-state index in [0.29, 0.717) is 0 Å². The normalized spacial score (nSPS) is 12.3. The Hall–Kier alpha value is -2.95. The summed E-state index contributed by atoms with van der Waals surface area (Å²) < 4.78 is 28.8. The van der Waals surface area contributed by atoms with E-state index in [9.17, 15) is 23.1 Å². The van der Waals surface area contributed by atoms with Crippen molar-refractivity contribution in [1.29, 1.82) is 0 Å². The molecule has 3 N–H and O–H groups in total. The Balaban J connectivity index is 1.81. The maximum atomic E-state index is 11.9. The molecule has 0 aliphatic heterocycles. The molecular weight excluding hydrogens is 364 g/mol. The molecule has 0 spiro atoms. The highest BCUT2D eigenvalue weighted by atomic mass is 32.2. The van der Waals surface area contributed by atoms with E-state index >= 15 is 0 Å².